The molecule has 4 rings (SSSR count). The van der Waals surface area contributed by atoms with Crippen LogP contribution in [0.2, 0.25) is 0 Å². The summed E-state index contributed by atoms with van der Waals surface area (Å²) < 4.78 is 1.75. The van der Waals surface area contributed by atoms with E-state index in [0.717, 1.165) is 27.8 Å². The van der Waals surface area contributed by atoms with Gasteiger partial charge in [0.1, 0.15) is 0 Å². The second-order valence-electron chi connectivity index (χ2n) is 5.30. The molecule has 4 aromatic rings. The first kappa shape index (κ1) is 13.5. The van der Waals surface area contributed by atoms with Gasteiger partial charge in [-0.15, -0.1) is 10.2 Å². The lowest BCUT2D eigenvalue weighted by Crippen LogP contribution is -2.03. The second kappa shape index (κ2) is 5.53. The van der Waals surface area contributed by atoms with Crippen molar-refractivity contribution in [1.82, 2.24) is 19.8 Å². The molecule has 0 saturated carbocycles. The maximum absolute atomic E-state index is 4.56. The fraction of sp³-hybridized carbons (Fsp3) is 0.0556. The minimum absolute atomic E-state index is 0.613. The number of fused-ring (bicyclic) bond motifs is 1. The van der Waals surface area contributed by atoms with Crippen LogP contribution in [0.3, 0.4) is 0 Å². The van der Waals surface area contributed by atoms with E-state index in [1.54, 1.807) is 4.52 Å². The predicted molar refractivity (Wildman–Crippen MR) is 90.5 cm³/mol. The molecule has 2 aromatic carbocycles. The van der Waals surface area contributed by atoms with E-state index in [1.165, 1.54) is 0 Å². The van der Waals surface area contributed by atoms with Crippen LogP contribution >= 0.6 is 0 Å². The molecule has 1 N–H and O–H groups in total. The van der Waals surface area contributed by atoms with Gasteiger partial charge in [0.2, 0.25) is 5.95 Å². The molecule has 0 unspecified atom stereocenters. The number of nitrogens with one attached hydrogen (secondary N) is 1. The fourth-order valence-corrected chi connectivity index (χ4v) is 2.52. The quantitative estimate of drug-likeness (QED) is 0.632. The van der Waals surface area contributed by atoms with E-state index in [0.29, 0.717) is 5.95 Å². The topological polar surface area (TPSA) is 55.1 Å². The van der Waals surface area contributed by atoms with Gasteiger partial charge in [0.25, 0.3) is 0 Å². The molecule has 0 aliphatic rings. The lowest BCUT2D eigenvalue weighted by Gasteiger charge is -2.01. The van der Waals surface area contributed by atoms with Gasteiger partial charge in [-0.05, 0) is 30.7 Å². The molecule has 0 bridgehead atoms. The molecule has 0 amide bonds. The first-order valence-electron chi connectivity index (χ1n) is 7.42. The van der Waals surface area contributed by atoms with Crippen molar-refractivity contribution in [2.45, 2.75) is 6.92 Å². The number of aryl methyl sites for hydroxylation is 1. The molecule has 0 atom stereocenters. The first-order valence-corrected chi connectivity index (χ1v) is 7.42. The van der Waals surface area contributed by atoms with Crippen molar-refractivity contribution in [1.29, 1.82) is 0 Å². The van der Waals surface area contributed by atoms with Crippen LogP contribution in [0.1, 0.15) is 11.3 Å². The molecule has 0 aliphatic heterocycles. The van der Waals surface area contributed by atoms with Crippen molar-refractivity contribution in [2.75, 3.05) is 5.32 Å². The standard InChI is InChI=1S/C18H15N5/c1-13-16(12-14-8-4-2-5-9-14)17-20-21-18(23(17)22-13)19-15-10-6-3-7-11-15/h2-12H,1H3,(H,19,21)/b16-12-. The highest BCUT2D eigenvalue weighted by Gasteiger charge is 2.12. The molecule has 0 saturated heterocycles. The summed E-state index contributed by atoms with van der Waals surface area (Å²) in [5.41, 5.74) is 3.75. The number of benzene rings is 2. The Hall–Kier alpha value is -3.21. The lowest BCUT2D eigenvalue weighted by atomic mass is 10.2. The zero-order valence-electron chi connectivity index (χ0n) is 12.6. The molecule has 112 valence electrons. The van der Waals surface area contributed by atoms with E-state index in [4.69, 9.17) is 0 Å². The van der Waals surface area contributed by atoms with Gasteiger partial charge in [0, 0.05) is 10.9 Å². The van der Waals surface area contributed by atoms with Gasteiger partial charge >= 0.3 is 0 Å². The number of para-hydroxylation sites is 1. The molecule has 2 heterocycles. The molecule has 0 fully saturated rings. The van der Waals surface area contributed by atoms with Crippen LogP contribution in [0.4, 0.5) is 11.6 Å². The smallest absolute Gasteiger partial charge is 0.250 e. The molecule has 23 heavy (non-hydrogen) atoms. The highest BCUT2D eigenvalue weighted by molar-refractivity contribution is 5.61. The summed E-state index contributed by atoms with van der Waals surface area (Å²) in [5.74, 6) is 0.613. The minimum atomic E-state index is 0.613. The summed E-state index contributed by atoms with van der Waals surface area (Å²) >= 11 is 0. The van der Waals surface area contributed by atoms with Gasteiger partial charge in [-0.1, -0.05) is 48.5 Å². The molecule has 0 radical (unpaired) electrons. The molecule has 5 heteroatoms. The normalized spacial score (nSPS) is 12.0. The number of rotatable bonds is 3. The highest BCUT2D eigenvalue weighted by Crippen LogP contribution is 2.14. The van der Waals surface area contributed by atoms with E-state index in [-0.39, 0.29) is 0 Å². The van der Waals surface area contributed by atoms with Crippen LogP contribution in [-0.2, 0) is 0 Å². The lowest BCUT2D eigenvalue weighted by molar-refractivity contribution is 0.936. The average Bonchev–Trinajstić information content (AvgIpc) is 3.10. The number of nitrogens with zero attached hydrogens (tertiary/aromatic N) is 4. The molecule has 0 aliphatic carbocycles. The summed E-state index contributed by atoms with van der Waals surface area (Å²) in [6.45, 7) is 1.98. The highest BCUT2D eigenvalue weighted by atomic mass is 15.4. The minimum Gasteiger partial charge on any atom is -0.323 e. The summed E-state index contributed by atoms with van der Waals surface area (Å²) in [6, 6.07) is 20.0. The van der Waals surface area contributed by atoms with Crippen molar-refractivity contribution in [3.63, 3.8) is 0 Å². The largest absolute Gasteiger partial charge is 0.323 e. The average molecular weight is 301 g/mol. The summed E-state index contributed by atoms with van der Waals surface area (Å²) in [5, 5.41) is 17.3. The van der Waals surface area contributed by atoms with E-state index in [9.17, 15) is 0 Å². The second-order valence-corrected chi connectivity index (χ2v) is 5.30. The molecular formula is C18H15N5. The summed E-state index contributed by atoms with van der Waals surface area (Å²) in [6.07, 6.45) is 2.08. The fourth-order valence-electron chi connectivity index (χ4n) is 2.52. The van der Waals surface area contributed by atoms with E-state index < -0.39 is 0 Å². The van der Waals surface area contributed by atoms with Crippen LogP contribution in [0, 0.1) is 6.92 Å². The molecule has 5 nitrogen and oxygen atoms in total. The van der Waals surface area contributed by atoms with Gasteiger partial charge in [-0.3, -0.25) is 0 Å². The van der Waals surface area contributed by atoms with Crippen LogP contribution in [0.5, 0.6) is 0 Å². The summed E-state index contributed by atoms with van der Waals surface area (Å²) in [4.78, 5) is 0. The Morgan fingerprint density at radius 3 is 2.35 bits per heavy atom. The van der Waals surface area contributed by atoms with Crippen molar-refractivity contribution in [3.8, 4) is 0 Å². The monoisotopic (exact) mass is 301 g/mol. The predicted octanol–water partition coefficient (Wildman–Crippen LogP) is 2.72. The Kier molecular flexibility index (Phi) is 3.24. The Bertz CT molecular complexity index is 990. The SMILES string of the molecule is Cc1nn2c(Nc3ccccc3)nnc2/c1=C\c1ccccc1. The Balaban J connectivity index is 1.80. The Labute approximate surface area is 133 Å². The number of hydrogen-bond donors (Lipinski definition) is 1. The Morgan fingerprint density at radius 2 is 1.61 bits per heavy atom. The number of hydrogen-bond acceptors (Lipinski definition) is 4. The zero-order chi connectivity index (χ0) is 15.6. The van der Waals surface area contributed by atoms with E-state index in [2.05, 4.69) is 38.8 Å². The van der Waals surface area contributed by atoms with Crippen LogP contribution in [0.15, 0.2) is 60.7 Å². The van der Waals surface area contributed by atoms with Gasteiger partial charge in [0.15, 0.2) is 5.65 Å². The van der Waals surface area contributed by atoms with Gasteiger partial charge in [-0.2, -0.15) is 9.61 Å². The van der Waals surface area contributed by atoms with Crippen molar-refractivity contribution >= 4 is 23.4 Å². The van der Waals surface area contributed by atoms with Crippen LogP contribution < -0.4 is 10.5 Å². The van der Waals surface area contributed by atoms with E-state index >= 15 is 0 Å². The van der Waals surface area contributed by atoms with Crippen molar-refractivity contribution in [2.24, 2.45) is 0 Å². The maximum atomic E-state index is 4.56. The van der Waals surface area contributed by atoms with Crippen LogP contribution in [-0.4, -0.2) is 19.8 Å². The maximum Gasteiger partial charge on any atom is 0.250 e. The number of anilines is 2. The molecular weight excluding hydrogens is 286 g/mol. The van der Waals surface area contributed by atoms with Crippen molar-refractivity contribution in [3.05, 3.63) is 77.1 Å². The van der Waals surface area contributed by atoms with Crippen molar-refractivity contribution < 1.29 is 0 Å². The number of aromatic nitrogens is 4. The van der Waals surface area contributed by atoms with E-state index in [1.807, 2.05) is 55.5 Å². The van der Waals surface area contributed by atoms with Gasteiger partial charge in [-0.25, -0.2) is 0 Å². The first-order chi connectivity index (χ1) is 11.3. The third-order valence-corrected chi connectivity index (χ3v) is 3.66. The third kappa shape index (κ3) is 2.53. The van der Waals surface area contributed by atoms with Gasteiger partial charge in [0.05, 0.1) is 5.69 Å². The zero-order valence-corrected chi connectivity index (χ0v) is 12.6. The third-order valence-electron chi connectivity index (χ3n) is 3.66. The Morgan fingerprint density at radius 1 is 0.913 bits per heavy atom. The van der Waals surface area contributed by atoms with Gasteiger partial charge < -0.3 is 5.32 Å². The summed E-state index contributed by atoms with van der Waals surface area (Å²) in [7, 11) is 0. The molecule has 0 spiro atoms. The van der Waals surface area contributed by atoms with Crippen LogP contribution in [0.25, 0.3) is 11.7 Å². The molecule has 2 aromatic heterocycles.